The molecule has 8 heteroatoms. The summed E-state index contributed by atoms with van der Waals surface area (Å²) in [6, 6.07) is 9.75. The summed E-state index contributed by atoms with van der Waals surface area (Å²) in [7, 11) is 0. The number of carbonyl (C=O) groups excluding carboxylic acids is 2. The Balaban J connectivity index is 2.10. The highest BCUT2D eigenvalue weighted by molar-refractivity contribution is 6.34. The second-order valence-electron chi connectivity index (χ2n) is 5.41. The van der Waals surface area contributed by atoms with Crippen LogP contribution in [-0.4, -0.2) is 22.9 Å². The lowest BCUT2D eigenvalue weighted by atomic mass is 10.1. The number of nitro benzene ring substituents is 1. The Morgan fingerprint density at radius 3 is 2.32 bits per heavy atom. The van der Waals surface area contributed by atoms with Crippen molar-refractivity contribution in [2.24, 2.45) is 0 Å². The molecule has 0 aliphatic carbocycles. The van der Waals surface area contributed by atoms with Crippen LogP contribution < -0.4 is 5.32 Å². The molecule has 1 N–H and O–H groups in total. The first-order valence-corrected chi connectivity index (χ1v) is 7.72. The van der Waals surface area contributed by atoms with Crippen molar-refractivity contribution in [1.29, 1.82) is 0 Å². The molecule has 25 heavy (non-hydrogen) atoms. The van der Waals surface area contributed by atoms with Gasteiger partial charge in [-0.3, -0.25) is 14.9 Å². The van der Waals surface area contributed by atoms with Crippen LogP contribution >= 0.6 is 11.6 Å². The number of nitrogens with zero attached hydrogens (tertiary/aromatic N) is 1. The number of ether oxygens (including phenoxy) is 1. The van der Waals surface area contributed by atoms with Crippen molar-refractivity contribution in [3.05, 3.63) is 68.7 Å². The standard InChI is InChI=1S/C17H15ClN2O5/c1-10(2)25-17(22)11-3-5-12(6-4-11)19-16(21)14-8-7-13(20(23)24)9-15(14)18/h3-10H,1-2H3,(H,19,21). The monoisotopic (exact) mass is 362 g/mol. The molecule has 0 fully saturated rings. The molecule has 0 heterocycles. The molecule has 7 nitrogen and oxygen atoms in total. The van der Waals surface area contributed by atoms with E-state index in [0.717, 1.165) is 6.07 Å². The van der Waals surface area contributed by atoms with Crippen LogP contribution in [0.25, 0.3) is 0 Å². The summed E-state index contributed by atoms with van der Waals surface area (Å²) in [6.45, 7) is 3.50. The van der Waals surface area contributed by atoms with Crippen molar-refractivity contribution in [3.8, 4) is 0 Å². The molecule has 130 valence electrons. The van der Waals surface area contributed by atoms with Crippen molar-refractivity contribution in [3.63, 3.8) is 0 Å². The van der Waals surface area contributed by atoms with E-state index >= 15 is 0 Å². The number of esters is 1. The van der Waals surface area contributed by atoms with Crippen LogP contribution in [0, 0.1) is 10.1 Å². The first kappa shape index (κ1) is 18.4. The number of non-ortho nitro benzene ring substituents is 1. The molecule has 2 aromatic rings. The third-order valence-electron chi connectivity index (χ3n) is 3.13. The number of hydrogen-bond acceptors (Lipinski definition) is 5. The van der Waals surface area contributed by atoms with Gasteiger partial charge in [0.2, 0.25) is 0 Å². The number of benzene rings is 2. The Bertz CT molecular complexity index is 818. The first-order chi connectivity index (χ1) is 11.8. The molecular formula is C17H15ClN2O5. The number of carbonyl (C=O) groups is 2. The molecule has 0 aromatic heterocycles. The Kier molecular flexibility index (Phi) is 5.71. The molecule has 0 aliphatic heterocycles. The molecule has 0 saturated heterocycles. The molecule has 0 atom stereocenters. The van der Waals surface area contributed by atoms with Crippen molar-refractivity contribution >= 4 is 34.9 Å². The summed E-state index contributed by atoms with van der Waals surface area (Å²) < 4.78 is 5.07. The van der Waals surface area contributed by atoms with Crippen molar-refractivity contribution in [2.75, 3.05) is 5.32 Å². The fraction of sp³-hybridized carbons (Fsp3) is 0.176. The Morgan fingerprint density at radius 2 is 1.80 bits per heavy atom. The Morgan fingerprint density at radius 1 is 1.16 bits per heavy atom. The highest BCUT2D eigenvalue weighted by Crippen LogP contribution is 2.23. The van der Waals surface area contributed by atoms with Gasteiger partial charge in [0.15, 0.2) is 0 Å². The Labute approximate surface area is 148 Å². The largest absolute Gasteiger partial charge is 0.459 e. The fourth-order valence-electron chi connectivity index (χ4n) is 1.97. The number of rotatable bonds is 5. The van der Waals surface area contributed by atoms with Gasteiger partial charge in [-0.05, 0) is 44.2 Å². The number of nitro groups is 1. The highest BCUT2D eigenvalue weighted by atomic mass is 35.5. The van der Waals surface area contributed by atoms with Crippen LogP contribution in [0.15, 0.2) is 42.5 Å². The summed E-state index contributed by atoms with van der Waals surface area (Å²) in [5, 5.41) is 13.3. The summed E-state index contributed by atoms with van der Waals surface area (Å²) in [6.07, 6.45) is -0.226. The van der Waals surface area contributed by atoms with Crippen LogP contribution in [0.5, 0.6) is 0 Å². The van der Waals surface area contributed by atoms with Gasteiger partial charge in [-0.15, -0.1) is 0 Å². The lowest BCUT2D eigenvalue weighted by Crippen LogP contribution is -2.14. The van der Waals surface area contributed by atoms with Gasteiger partial charge in [0.05, 0.1) is 27.2 Å². The lowest BCUT2D eigenvalue weighted by Gasteiger charge is -2.09. The summed E-state index contributed by atoms with van der Waals surface area (Å²) in [5.41, 5.74) is 0.714. The van der Waals surface area contributed by atoms with Crippen LogP contribution in [0.2, 0.25) is 5.02 Å². The van der Waals surface area contributed by atoms with Gasteiger partial charge in [-0.2, -0.15) is 0 Å². The average molecular weight is 363 g/mol. The first-order valence-electron chi connectivity index (χ1n) is 7.34. The predicted octanol–water partition coefficient (Wildman–Crippen LogP) is 4.07. The van der Waals surface area contributed by atoms with Gasteiger partial charge in [0, 0.05) is 17.8 Å². The molecule has 1 amide bonds. The van der Waals surface area contributed by atoms with Gasteiger partial charge in [0.1, 0.15) is 0 Å². The van der Waals surface area contributed by atoms with E-state index in [0.29, 0.717) is 11.3 Å². The number of nitrogens with one attached hydrogen (secondary N) is 1. The third kappa shape index (κ3) is 4.77. The van der Waals surface area contributed by atoms with Crippen molar-refractivity contribution < 1.29 is 19.2 Å². The molecule has 0 saturated carbocycles. The highest BCUT2D eigenvalue weighted by Gasteiger charge is 2.15. The topological polar surface area (TPSA) is 98.5 Å². The van der Waals surface area contributed by atoms with Crippen LogP contribution in [0.4, 0.5) is 11.4 Å². The SMILES string of the molecule is CC(C)OC(=O)c1ccc(NC(=O)c2ccc([N+](=O)[O-])cc2Cl)cc1. The maximum absolute atomic E-state index is 12.2. The number of amides is 1. The third-order valence-corrected chi connectivity index (χ3v) is 3.44. The van der Waals surface area contributed by atoms with E-state index in [1.165, 1.54) is 24.3 Å². The zero-order valence-electron chi connectivity index (χ0n) is 13.5. The van der Waals surface area contributed by atoms with Gasteiger partial charge < -0.3 is 10.1 Å². The van der Waals surface area contributed by atoms with E-state index < -0.39 is 16.8 Å². The predicted molar refractivity (Wildman–Crippen MR) is 93.1 cm³/mol. The van der Waals surface area contributed by atoms with Crippen molar-refractivity contribution in [1.82, 2.24) is 0 Å². The van der Waals surface area contributed by atoms with E-state index in [1.807, 2.05) is 0 Å². The molecule has 0 aliphatic rings. The Hall–Kier alpha value is -2.93. The minimum absolute atomic E-state index is 0.0242. The van der Waals surface area contributed by atoms with Gasteiger partial charge in [-0.25, -0.2) is 4.79 Å². The van der Waals surface area contributed by atoms with E-state index in [1.54, 1.807) is 26.0 Å². The van der Waals surface area contributed by atoms with E-state index in [9.17, 15) is 19.7 Å². The van der Waals surface area contributed by atoms with Crippen molar-refractivity contribution in [2.45, 2.75) is 20.0 Å². The minimum Gasteiger partial charge on any atom is -0.459 e. The maximum Gasteiger partial charge on any atom is 0.338 e. The van der Waals surface area contributed by atoms with Gasteiger partial charge >= 0.3 is 5.97 Å². The molecule has 0 bridgehead atoms. The lowest BCUT2D eigenvalue weighted by molar-refractivity contribution is -0.384. The molecule has 2 rings (SSSR count). The van der Waals surface area contributed by atoms with Gasteiger partial charge in [-0.1, -0.05) is 11.6 Å². The summed E-state index contributed by atoms with van der Waals surface area (Å²) in [5.74, 6) is -0.969. The van der Waals surface area contributed by atoms with Crippen LogP contribution in [-0.2, 0) is 4.74 Å². The smallest absolute Gasteiger partial charge is 0.338 e. The maximum atomic E-state index is 12.2. The zero-order valence-corrected chi connectivity index (χ0v) is 14.2. The summed E-state index contributed by atoms with van der Waals surface area (Å²) in [4.78, 5) is 34.1. The summed E-state index contributed by atoms with van der Waals surface area (Å²) >= 11 is 5.92. The van der Waals surface area contributed by atoms with Gasteiger partial charge in [0.25, 0.3) is 11.6 Å². The second-order valence-corrected chi connectivity index (χ2v) is 5.81. The van der Waals surface area contributed by atoms with Crippen LogP contribution in [0.1, 0.15) is 34.6 Å². The van der Waals surface area contributed by atoms with E-state index in [4.69, 9.17) is 16.3 Å². The number of halogens is 1. The number of anilines is 1. The second kappa shape index (κ2) is 7.76. The molecule has 0 spiro atoms. The van der Waals surface area contributed by atoms with E-state index in [2.05, 4.69) is 5.32 Å². The fourth-order valence-corrected chi connectivity index (χ4v) is 2.23. The normalized spacial score (nSPS) is 10.4. The van der Waals surface area contributed by atoms with E-state index in [-0.39, 0.29) is 22.4 Å². The molecule has 0 unspecified atom stereocenters. The zero-order chi connectivity index (χ0) is 18.6. The molecular weight excluding hydrogens is 348 g/mol. The van der Waals surface area contributed by atoms with Crippen LogP contribution in [0.3, 0.4) is 0 Å². The number of hydrogen-bond donors (Lipinski definition) is 1. The minimum atomic E-state index is -0.595. The average Bonchev–Trinajstić information content (AvgIpc) is 2.54. The quantitative estimate of drug-likeness (QED) is 0.491. The molecule has 2 aromatic carbocycles. The molecule has 0 radical (unpaired) electrons.